The second-order valence-electron chi connectivity index (χ2n) is 4.13. The minimum Gasteiger partial charge on any atom is -0.328 e. The Morgan fingerprint density at radius 3 is 2.43 bits per heavy atom. The maximum atomic E-state index is 11.5. The normalized spacial score (nSPS) is 26.6. The molecule has 0 saturated carbocycles. The first-order chi connectivity index (χ1) is 6.50. The predicted molar refractivity (Wildman–Crippen MR) is 52.5 cm³/mol. The van der Waals surface area contributed by atoms with Gasteiger partial charge in [0.15, 0.2) is 0 Å². The summed E-state index contributed by atoms with van der Waals surface area (Å²) in [5.41, 5.74) is 4.66. The SMILES string of the molecule is CC(C)CC[C@]1(CN)NC(=O)NC1=O. The number of imide groups is 1. The highest BCUT2D eigenvalue weighted by atomic mass is 16.2. The van der Waals surface area contributed by atoms with Gasteiger partial charge in [0.1, 0.15) is 5.54 Å². The number of urea groups is 1. The van der Waals surface area contributed by atoms with Gasteiger partial charge in [-0.2, -0.15) is 0 Å². The highest BCUT2D eigenvalue weighted by molar-refractivity contribution is 6.07. The van der Waals surface area contributed by atoms with Gasteiger partial charge in [0.2, 0.25) is 0 Å². The van der Waals surface area contributed by atoms with Crippen LogP contribution in [0.1, 0.15) is 26.7 Å². The van der Waals surface area contributed by atoms with E-state index in [0.29, 0.717) is 12.3 Å². The lowest BCUT2D eigenvalue weighted by Gasteiger charge is -2.24. The van der Waals surface area contributed by atoms with E-state index in [1.807, 2.05) is 0 Å². The molecule has 1 atom stereocenters. The number of hydrogen-bond acceptors (Lipinski definition) is 3. The number of hydrogen-bond donors (Lipinski definition) is 3. The zero-order valence-electron chi connectivity index (χ0n) is 8.59. The van der Waals surface area contributed by atoms with Crippen molar-refractivity contribution in [3.05, 3.63) is 0 Å². The van der Waals surface area contributed by atoms with Crippen LogP contribution >= 0.6 is 0 Å². The smallest absolute Gasteiger partial charge is 0.322 e. The molecule has 1 aliphatic rings. The van der Waals surface area contributed by atoms with Gasteiger partial charge in [-0.3, -0.25) is 10.1 Å². The first-order valence-electron chi connectivity index (χ1n) is 4.84. The Hall–Kier alpha value is -1.10. The van der Waals surface area contributed by atoms with Crippen molar-refractivity contribution in [2.24, 2.45) is 11.7 Å². The Morgan fingerprint density at radius 2 is 2.07 bits per heavy atom. The van der Waals surface area contributed by atoms with E-state index in [1.165, 1.54) is 0 Å². The van der Waals surface area contributed by atoms with Crippen LogP contribution in [0, 0.1) is 5.92 Å². The van der Waals surface area contributed by atoms with Crippen molar-refractivity contribution in [1.29, 1.82) is 0 Å². The van der Waals surface area contributed by atoms with Crippen molar-refractivity contribution in [2.75, 3.05) is 6.54 Å². The molecule has 0 aromatic heterocycles. The molecule has 0 aromatic carbocycles. The summed E-state index contributed by atoms with van der Waals surface area (Å²) in [6.45, 7) is 4.29. The number of amides is 3. The van der Waals surface area contributed by atoms with E-state index in [-0.39, 0.29) is 12.5 Å². The van der Waals surface area contributed by atoms with Crippen molar-refractivity contribution >= 4 is 11.9 Å². The van der Waals surface area contributed by atoms with Crippen molar-refractivity contribution in [2.45, 2.75) is 32.2 Å². The maximum absolute atomic E-state index is 11.5. The van der Waals surface area contributed by atoms with Crippen LogP contribution in [-0.2, 0) is 4.79 Å². The molecule has 0 spiro atoms. The minimum absolute atomic E-state index is 0.150. The fraction of sp³-hybridized carbons (Fsp3) is 0.778. The van der Waals surface area contributed by atoms with Crippen LogP contribution < -0.4 is 16.4 Å². The van der Waals surface area contributed by atoms with Crippen LogP contribution in [0.15, 0.2) is 0 Å². The summed E-state index contributed by atoms with van der Waals surface area (Å²) in [6.07, 6.45) is 1.46. The van der Waals surface area contributed by atoms with Crippen LogP contribution in [0.2, 0.25) is 0 Å². The summed E-state index contributed by atoms with van der Waals surface area (Å²) in [6, 6.07) is -0.441. The molecule has 1 fully saturated rings. The summed E-state index contributed by atoms with van der Waals surface area (Å²) >= 11 is 0. The fourth-order valence-corrected chi connectivity index (χ4v) is 1.48. The molecule has 80 valence electrons. The molecular formula is C9H17N3O2. The third-order valence-electron chi connectivity index (χ3n) is 2.51. The lowest BCUT2D eigenvalue weighted by atomic mass is 9.90. The largest absolute Gasteiger partial charge is 0.328 e. The zero-order chi connectivity index (χ0) is 10.8. The average Bonchev–Trinajstić information content (AvgIpc) is 2.38. The molecular weight excluding hydrogens is 182 g/mol. The summed E-state index contributed by atoms with van der Waals surface area (Å²) in [4.78, 5) is 22.4. The number of nitrogens with two attached hydrogens (primary N) is 1. The lowest BCUT2D eigenvalue weighted by molar-refractivity contribution is -0.124. The lowest BCUT2D eigenvalue weighted by Crippen LogP contribution is -2.53. The van der Waals surface area contributed by atoms with E-state index in [4.69, 9.17) is 5.73 Å². The van der Waals surface area contributed by atoms with Crippen LogP contribution in [0.4, 0.5) is 4.79 Å². The number of carbonyl (C=O) groups is 2. The fourth-order valence-electron chi connectivity index (χ4n) is 1.48. The maximum Gasteiger partial charge on any atom is 0.322 e. The molecule has 1 aliphatic heterocycles. The van der Waals surface area contributed by atoms with E-state index < -0.39 is 11.6 Å². The summed E-state index contributed by atoms with van der Waals surface area (Å²) in [7, 11) is 0. The quantitative estimate of drug-likeness (QED) is 0.555. The Bertz CT molecular complexity index is 252. The van der Waals surface area contributed by atoms with Gasteiger partial charge in [-0.1, -0.05) is 13.8 Å². The van der Waals surface area contributed by atoms with Crippen LogP contribution in [0.5, 0.6) is 0 Å². The van der Waals surface area contributed by atoms with Crippen molar-refractivity contribution in [1.82, 2.24) is 10.6 Å². The monoisotopic (exact) mass is 199 g/mol. The van der Waals surface area contributed by atoms with Crippen LogP contribution in [-0.4, -0.2) is 24.0 Å². The van der Waals surface area contributed by atoms with E-state index in [1.54, 1.807) is 0 Å². The van der Waals surface area contributed by atoms with Gasteiger partial charge in [0.25, 0.3) is 5.91 Å². The highest BCUT2D eigenvalue weighted by Crippen LogP contribution is 2.19. The Labute approximate surface area is 83.4 Å². The van der Waals surface area contributed by atoms with Crippen molar-refractivity contribution < 1.29 is 9.59 Å². The van der Waals surface area contributed by atoms with Crippen LogP contribution in [0.3, 0.4) is 0 Å². The Kier molecular flexibility index (Phi) is 3.10. The second kappa shape index (κ2) is 3.96. The molecule has 3 amide bonds. The molecule has 1 rings (SSSR count). The molecule has 0 radical (unpaired) electrons. The number of rotatable bonds is 4. The van der Waals surface area contributed by atoms with E-state index in [9.17, 15) is 9.59 Å². The molecule has 0 aliphatic carbocycles. The van der Waals surface area contributed by atoms with E-state index in [2.05, 4.69) is 24.5 Å². The van der Waals surface area contributed by atoms with Gasteiger partial charge in [0.05, 0.1) is 0 Å². The topological polar surface area (TPSA) is 84.2 Å². The van der Waals surface area contributed by atoms with Crippen LogP contribution in [0.25, 0.3) is 0 Å². The molecule has 5 heteroatoms. The predicted octanol–water partition coefficient (Wildman–Crippen LogP) is -0.0405. The second-order valence-corrected chi connectivity index (χ2v) is 4.13. The zero-order valence-corrected chi connectivity index (χ0v) is 8.59. The molecule has 1 heterocycles. The molecule has 4 N–H and O–H groups in total. The molecule has 1 saturated heterocycles. The first kappa shape index (κ1) is 11.0. The summed E-state index contributed by atoms with van der Waals surface area (Å²) in [5.74, 6) is 0.189. The molecule has 0 unspecified atom stereocenters. The highest BCUT2D eigenvalue weighted by Gasteiger charge is 2.44. The standard InChI is InChI=1S/C9H17N3O2/c1-6(2)3-4-9(5-10)7(13)11-8(14)12-9/h6H,3-5,10H2,1-2H3,(H2,11,12,13,14)/t9-/m1/s1. The molecule has 0 aromatic rings. The number of carbonyl (C=O) groups excluding carboxylic acids is 2. The van der Waals surface area contributed by atoms with Crippen molar-refractivity contribution in [3.8, 4) is 0 Å². The Morgan fingerprint density at radius 1 is 1.43 bits per heavy atom. The van der Waals surface area contributed by atoms with Gasteiger partial charge in [-0.05, 0) is 18.8 Å². The number of nitrogens with one attached hydrogen (secondary N) is 2. The third-order valence-corrected chi connectivity index (χ3v) is 2.51. The first-order valence-corrected chi connectivity index (χ1v) is 4.84. The van der Waals surface area contributed by atoms with Gasteiger partial charge < -0.3 is 11.1 Å². The molecule has 5 nitrogen and oxygen atoms in total. The summed E-state index contributed by atoms with van der Waals surface area (Å²) in [5, 5.41) is 4.81. The summed E-state index contributed by atoms with van der Waals surface area (Å²) < 4.78 is 0. The van der Waals surface area contributed by atoms with E-state index in [0.717, 1.165) is 6.42 Å². The van der Waals surface area contributed by atoms with Gasteiger partial charge >= 0.3 is 6.03 Å². The van der Waals surface area contributed by atoms with Crippen molar-refractivity contribution in [3.63, 3.8) is 0 Å². The minimum atomic E-state index is -0.874. The van der Waals surface area contributed by atoms with Gasteiger partial charge in [-0.15, -0.1) is 0 Å². The molecule has 0 bridgehead atoms. The molecule has 14 heavy (non-hydrogen) atoms. The van der Waals surface area contributed by atoms with Gasteiger partial charge in [0, 0.05) is 6.54 Å². The van der Waals surface area contributed by atoms with Gasteiger partial charge in [-0.25, -0.2) is 4.79 Å². The van der Waals surface area contributed by atoms with E-state index >= 15 is 0 Å². The average molecular weight is 199 g/mol. The Balaban J connectivity index is 2.66. The third kappa shape index (κ3) is 2.04.